The Balaban J connectivity index is 1.41. The van der Waals surface area contributed by atoms with Crippen LogP contribution in [0.15, 0.2) is 48.5 Å². The van der Waals surface area contributed by atoms with E-state index in [0.717, 1.165) is 56.0 Å². The number of amides is 1. The molecule has 1 heterocycles. The highest BCUT2D eigenvalue weighted by atomic mass is 16.5. The van der Waals surface area contributed by atoms with Gasteiger partial charge < -0.3 is 19.3 Å². The number of aryl methyl sites for hydroxylation is 1. The zero-order valence-corrected chi connectivity index (χ0v) is 19.5. The van der Waals surface area contributed by atoms with Crippen molar-refractivity contribution in [2.45, 2.75) is 51.0 Å². The number of anilines is 1. The Bertz CT molecular complexity index is 894. The van der Waals surface area contributed by atoms with Gasteiger partial charge in [-0.1, -0.05) is 49.6 Å². The summed E-state index contributed by atoms with van der Waals surface area (Å²) >= 11 is 0. The molecule has 5 nitrogen and oxygen atoms in total. The molecule has 0 radical (unpaired) electrons. The van der Waals surface area contributed by atoms with E-state index in [1.165, 1.54) is 24.8 Å². The predicted octanol–water partition coefficient (Wildman–Crippen LogP) is 4.93. The van der Waals surface area contributed by atoms with E-state index < -0.39 is 0 Å². The molecule has 4 rings (SSSR count). The van der Waals surface area contributed by atoms with Crippen molar-refractivity contribution < 1.29 is 14.3 Å². The number of fused-ring (bicyclic) bond motifs is 1. The van der Waals surface area contributed by atoms with Crippen molar-refractivity contribution in [2.75, 3.05) is 38.8 Å². The Morgan fingerprint density at radius 3 is 2.50 bits per heavy atom. The van der Waals surface area contributed by atoms with E-state index in [1.54, 1.807) is 7.11 Å². The van der Waals surface area contributed by atoms with Crippen LogP contribution in [-0.2, 0) is 11.2 Å². The van der Waals surface area contributed by atoms with Crippen molar-refractivity contribution in [3.05, 3.63) is 54.1 Å². The number of hydrogen-bond acceptors (Lipinski definition) is 4. The Morgan fingerprint density at radius 1 is 1.00 bits per heavy atom. The fourth-order valence-corrected chi connectivity index (χ4v) is 5.12. The number of para-hydroxylation sites is 3. The van der Waals surface area contributed by atoms with Crippen molar-refractivity contribution in [1.82, 2.24) is 4.90 Å². The molecule has 0 saturated heterocycles. The topological polar surface area (TPSA) is 42.0 Å². The second-order valence-corrected chi connectivity index (χ2v) is 9.13. The molecule has 0 N–H and O–H groups in total. The summed E-state index contributed by atoms with van der Waals surface area (Å²) < 4.78 is 11.3. The van der Waals surface area contributed by atoms with E-state index in [1.807, 2.05) is 24.3 Å². The van der Waals surface area contributed by atoms with Crippen LogP contribution in [0.1, 0.15) is 44.1 Å². The summed E-state index contributed by atoms with van der Waals surface area (Å²) in [6, 6.07) is 16.4. The monoisotopic (exact) mass is 436 g/mol. The maximum atomic E-state index is 13.6. The molecule has 0 spiro atoms. The highest BCUT2D eigenvalue weighted by molar-refractivity contribution is 5.97. The van der Waals surface area contributed by atoms with E-state index in [9.17, 15) is 4.79 Å². The SMILES string of the molecule is COc1ccccc1OCCN(C)CC1CCc2ccccc2N1C(=O)C1CCCCC1. The molecule has 2 aromatic rings. The van der Waals surface area contributed by atoms with Crippen LogP contribution in [0.4, 0.5) is 5.69 Å². The molecule has 2 aromatic carbocycles. The Morgan fingerprint density at radius 2 is 1.72 bits per heavy atom. The number of methoxy groups -OCH3 is 1. The van der Waals surface area contributed by atoms with Crippen molar-refractivity contribution in [3.8, 4) is 11.5 Å². The molecule has 172 valence electrons. The van der Waals surface area contributed by atoms with Crippen LogP contribution in [0.25, 0.3) is 0 Å². The number of carbonyl (C=O) groups excluding carboxylic acids is 1. The standard InChI is InChI=1S/C27H36N2O3/c1-28(18-19-32-26-15-9-8-14-25(26)31-2)20-23-17-16-21-10-6-7-13-24(21)29(23)27(30)22-11-4-3-5-12-22/h6-10,13-15,22-23H,3-5,11-12,16-20H2,1-2H3. The predicted molar refractivity (Wildman–Crippen MR) is 129 cm³/mol. The lowest BCUT2D eigenvalue weighted by molar-refractivity contribution is -0.124. The van der Waals surface area contributed by atoms with Gasteiger partial charge in [-0.3, -0.25) is 4.79 Å². The molecule has 1 aliphatic carbocycles. The third-order valence-corrected chi connectivity index (χ3v) is 6.88. The van der Waals surface area contributed by atoms with Gasteiger partial charge in [0.05, 0.1) is 7.11 Å². The minimum Gasteiger partial charge on any atom is -0.493 e. The smallest absolute Gasteiger partial charge is 0.230 e. The van der Waals surface area contributed by atoms with Gasteiger partial charge in [0.1, 0.15) is 6.61 Å². The molecule has 0 bridgehead atoms. The molecule has 2 aliphatic rings. The molecular formula is C27H36N2O3. The molecule has 1 saturated carbocycles. The van der Waals surface area contributed by atoms with Crippen LogP contribution in [0.3, 0.4) is 0 Å². The summed E-state index contributed by atoms with van der Waals surface area (Å²) in [5.74, 6) is 2.03. The zero-order valence-electron chi connectivity index (χ0n) is 19.5. The van der Waals surface area contributed by atoms with E-state index in [-0.39, 0.29) is 12.0 Å². The van der Waals surface area contributed by atoms with Gasteiger partial charge in [-0.05, 0) is 56.5 Å². The van der Waals surface area contributed by atoms with Gasteiger partial charge in [0, 0.05) is 30.7 Å². The summed E-state index contributed by atoms with van der Waals surface area (Å²) in [5.41, 5.74) is 2.42. The Hall–Kier alpha value is -2.53. The molecule has 1 amide bonds. The fraction of sp³-hybridized carbons (Fsp3) is 0.519. The van der Waals surface area contributed by atoms with Gasteiger partial charge >= 0.3 is 0 Å². The van der Waals surface area contributed by atoms with Gasteiger partial charge in [-0.2, -0.15) is 0 Å². The first-order chi connectivity index (χ1) is 15.7. The first-order valence-corrected chi connectivity index (χ1v) is 12.0. The van der Waals surface area contributed by atoms with Crippen LogP contribution in [-0.4, -0.2) is 50.7 Å². The fourth-order valence-electron chi connectivity index (χ4n) is 5.12. The van der Waals surface area contributed by atoms with Crippen LogP contribution in [0.5, 0.6) is 11.5 Å². The second kappa shape index (κ2) is 10.9. The van der Waals surface area contributed by atoms with Crippen LogP contribution in [0, 0.1) is 5.92 Å². The third kappa shape index (κ3) is 5.26. The number of hydrogen-bond donors (Lipinski definition) is 0. The number of carbonyl (C=O) groups is 1. The largest absolute Gasteiger partial charge is 0.493 e. The number of benzene rings is 2. The summed E-state index contributed by atoms with van der Waals surface area (Å²) in [5, 5.41) is 0. The molecule has 32 heavy (non-hydrogen) atoms. The summed E-state index contributed by atoms with van der Waals surface area (Å²) in [7, 11) is 3.78. The summed E-state index contributed by atoms with van der Waals surface area (Å²) in [4.78, 5) is 18.1. The van der Waals surface area contributed by atoms with E-state index in [2.05, 4.69) is 41.1 Å². The van der Waals surface area contributed by atoms with Gasteiger partial charge in [-0.25, -0.2) is 0 Å². The first-order valence-electron chi connectivity index (χ1n) is 12.0. The minimum absolute atomic E-state index is 0.177. The quantitative estimate of drug-likeness (QED) is 0.588. The average molecular weight is 437 g/mol. The molecular weight excluding hydrogens is 400 g/mol. The highest BCUT2D eigenvalue weighted by Crippen LogP contribution is 2.35. The molecule has 5 heteroatoms. The first kappa shape index (κ1) is 22.7. The van der Waals surface area contributed by atoms with Gasteiger partial charge in [0.15, 0.2) is 11.5 Å². The molecule has 0 aromatic heterocycles. The lowest BCUT2D eigenvalue weighted by atomic mass is 9.86. The van der Waals surface area contributed by atoms with Crippen LogP contribution >= 0.6 is 0 Å². The second-order valence-electron chi connectivity index (χ2n) is 9.13. The number of nitrogens with zero attached hydrogens (tertiary/aromatic N) is 2. The van der Waals surface area contributed by atoms with Crippen molar-refractivity contribution in [3.63, 3.8) is 0 Å². The zero-order chi connectivity index (χ0) is 22.3. The van der Waals surface area contributed by atoms with Crippen LogP contribution < -0.4 is 14.4 Å². The van der Waals surface area contributed by atoms with Gasteiger partial charge in [0.2, 0.25) is 5.91 Å². The third-order valence-electron chi connectivity index (χ3n) is 6.88. The van der Waals surface area contributed by atoms with E-state index in [4.69, 9.17) is 9.47 Å². The van der Waals surface area contributed by atoms with Crippen LogP contribution in [0.2, 0.25) is 0 Å². The number of rotatable bonds is 8. The number of ether oxygens (including phenoxy) is 2. The molecule has 1 fully saturated rings. The van der Waals surface area contributed by atoms with Gasteiger partial charge in [0.25, 0.3) is 0 Å². The minimum atomic E-state index is 0.177. The highest BCUT2D eigenvalue weighted by Gasteiger charge is 2.35. The van der Waals surface area contributed by atoms with E-state index in [0.29, 0.717) is 12.5 Å². The van der Waals surface area contributed by atoms with Crippen molar-refractivity contribution >= 4 is 11.6 Å². The maximum Gasteiger partial charge on any atom is 0.230 e. The molecule has 1 unspecified atom stereocenters. The van der Waals surface area contributed by atoms with Gasteiger partial charge in [-0.15, -0.1) is 0 Å². The normalized spacial score (nSPS) is 19.0. The lowest BCUT2D eigenvalue weighted by Crippen LogP contribution is -2.51. The lowest BCUT2D eigenvalue weighted by Gasteiger charge is -2.41. The van der Waals surface area contributed by atoms with Crippen molar-refractivity contribution in [1.29, 1.82) is 0 Å². The Kier molecular flexibility index (Phi) is 7.69. The molecule has 1 aliphatic heterocycles. The Labute approximate surface area is 192 Å². The summed E-state index contributed by atoms with van der Waals surface area (Å²) in [6.07, 6.45) is 7.72. The molecule has 1 atom stereocenters. The van der Waals surface area contributed by atoms with E-state index >= 15 is 0 Å². The summed E-state index contributed by atoms with van der Waals surface area (Å²) in [6.45, 7) is 2.22. The van der Waals surface area contributed by atoms with Crippen molar-refractivity contribution in [2.24, 2.45) is 5.92 Å². The average Bonchev–Trinajstić information content (AvgIpc) is 2.84. The maximum absolute atomic E-state index is 13.6. The number of likely N-dealkylation sites (N-methyl/N-ethyl adjacent to an activating group) is 1.